The molecular formula is C18H25Cl2N. The molecule has 1 spiro atoms. The maximum atomic E-state index is 6.52. The second kappa shape index (κ2) is 6.10. The highest BCUT2D eigenvalue weighted by molar-refractivity contribution is 6.35. The highest BCUT2D eigenvalue weighted by Crippen LogP contribution is 2.62. The molecular weight excluding hydrogens is 301 g/mol. The molecule has 0 unspecified atom stereocenters. The average Bonchev–Trinajstić information content (AvgIpc) is 2.44. The van der Waals surface area contributed by atoms with Crippen molar-refractivity contribution in [2.45, 2.75) is 57.3 Å². The fourth-order valence-corrected chi connectivity index (χ4v) is 5.34. The van der Waals surface area contributed by atoms with Crippen molar-refractivity contribution in [1.82, 2.24) is 5.32 Å². The third-order valence-corrected chi connectivity index (χ3v) is 6.10. The summed E-state index contributed by atoms with van der Waals surface area (Å²) in [4.78, 5) is 0. The SMILES string of the molecule is CCNCC1(c2ccc(Cl)cc2Cl)CC2(CCCCC2)C1. The first-order chi connectivity index (χ1) is 10.1. The van der Waals surface area contributed by atoms with Crippen LogP contribution in [0.3, 0.4) is 0 Å². The molecule has 0 aliphatic heterocycles. The Hall–Kier alpha value is -0.240. The molecule has 2 aliphatic rings. The van der Waals surface area contributed by atoms with Crippen molar-refractivity contribution in [3.05, 3.63) is 33.8 Å². The summed E-state index contributed by atoms with van der Waals surface area (Å²) in [6, 6.07) is 6.04. The molecule has 1 aromatic rings. The van der Waals surface area contributed by atoms with Gasteiger partial charge in [0.05, 0.1) is 0 Å². The molecule has 0 radical (unpaired) electrons. The summed E-state index contributed by atoms with van der Waals surface area (Å²) >= 11 is 12.6. The molecule has 0 aromatic heterocycles. The minimum atomic E-state index is 0.217. The van der Waals surface area contributed by atoms with E-state index in [1.54, 1.807) is 0 Å². The van der Waals surface area contributed by atoms with Crippen LogP contribution in [0.4, 0.5) is 0 Å². The van der Waals surface area contributed by atoms with Gasteiger partial charge in [-0.1, -0.05) is 55.5 Å². The van der Waals surface area contributed by atoms with E-state index in [1.165, 1.54) is 50.5 Å². The smallest absolute Gasteiger partial charge is 0.0458 e. The van der Waals surface area contributed by atoms with Crippen LogP contribution >= 0.6 is 23.2 Å². The molecule has 1 N–H and O–H groups in total. The molecule has 0 bridgehead atoms. The van der Waals surface area contributed by atoms with Gasteiger partial charge in [0, 0.05) is 22.0 Å². The Labute approximate surface area is 138 Å². The van der Waals surface area contributed by atoms with E-state index in [1.807, 2.05) is 12.1 Å². The Morgan fingerprint density at radius 1 is 1.10 bits per heavy atom. The van der Waals surface area contributed by atoms with Crippen LogP contribution in [0.15, 0.2) is 18.2 Å². The predicted molar refractivity (Wildman–Crippen MR) is 91.4 cm³/mol. The molecule has 116 valence electrons. The van der Waals surface area contributed by atoms with Crippen LogP contribution in [-0.2, 0) is 5.41 Å². The molecule has 1 aromatic carbocycles. The molecule has 0 atom stereocenters. The van der Waals surface area contributed by atoms with Gasteiger partial charge in [-0.05, 0) is 55.3 Å². The maximum Gasteiger partial charge on any atom is 0.0458 e. The van der Waals surface area contributed by atoms with Crippen LogP contribution < -0.4 is 5.32 Å². The maximum absolute atomic E-state index is 6.52. The molecule has 0 amide bonds. The van der Waals surface area contributed by atoms with Gasteiger partial charge in [0.25, 0.3) is 0 Å². The lowest BCUT2D eigenvalue weighted by Crippen LogP contribution is -2.55. The minimum Gasteiger partial charge on any atom is -0.316 e. The van der Waals surface area contributed by atoms with E-state index in [0.29, 0.717) is 5.41 Å². The zero-order valence-electron chi connectivity index (χ0n) is 12.9. The van der Waals surface area contributed by atoms with Crippen LogP contribution in [0, 0.1) is 5.41 Å². The van der Waals surface area contributed by atoms with Gasteiger partial charge in [-0.3, -0.25) is 0 Å². The van der Waals surface area contributed by atoms with Crippen molar-refractivity contribution < 1.29 is 0 Å². The van der Waals surface area contributed by atoms with Crippen molar-refractivity contribution in [3.63, 3.8) is 0 Å². The first-order valence-corrected chi connectivity index (χ1v) is 9.01. The number of hydrogen-bond donors (Lipinski definition) is 1. The van der Waals surface area contributed by atoms with Crippen LogP contribution in [0.1, 0.15) is 57.4 Å². The van der Waals surface area contributed by atoms with Crippen LogP contribution in [-0.4, -0.2) is 13.1 Å². The fraction of sp³-hybridized carbons (Fsp3) is 0.667. The first-order valence-electron chi connectivity index (χ1n) is 8.26. The molecule has 21 heavy (non-hydrogen) atoms. The van der Waals surface area contributed by atoms with Crippen molar-refractivity contribution >= 4 is 23.2 Å². The molecule has 2 fully saturated rings. The number of halogens is 2. The van der Waals surface area contributed by atoms with Gasteiger partial charge >= 0.3 is 0 Å². The lowest BCUT2D eigenvalue weighted by atomic mass is 9.46. The van der Waals surface area contributed by atoms with Crippen molar-refractivity contribution in [1.29, 1.82) is 0 Å². The fourth-order valence-electron chi connectivity index (χ4n) is 4.73. The number of hydrogen-bond acceptors (Lipinski definition) is 1. The largest absolute Gasteiger partial charge is 0.316 e. The molecule has 3 rings (SSSR count). The minimum absolute atomic E-state index is 0.217. The Balaban J connectivity index is 1.85. The Kier molecular flexibility index (Phi) is 4.55. The summed E-state index contributed by atoms with van der Waals surface area (Å²) in [7, 11) is 0. The quantitative estimate of drug-likeness (QED) is 0.761. The highest BCUT2D eigenvalue weighted by Gasteiger charge is 2.55. The standard InChI is InChI=1S/C18H25Cl2N/c1-2-21-13-18(15-7-6-14(19)10-16(15)20)11-17(12-18)8-4-3-5-9-17/h6-7,10,21H,2-5,8-9,11-13H2,1H3. The molecule has 2 saturated carbocycles. The zero-order chi connectivity index (χ0) is 14.9. The van der Waals surface area contributed by atoms with E-state index >= 15 is 0 Å². The van der Waals surface area contributed by atoms with Gasteiger partial charge in [-0.25, -0.2) is 0 Å². The van der Waals surface area contributed by atoms with Crippen LogP contribution in [0.25, 0.3) is 0 Å². The van der Waals surface area contributed by atoms with Gasteiger partial charge in [0.1, 0.15) is 0 Å². The number of rotatable bonds is 4. The summed E-state index contributed by atoms with van der Waals surface area (Å²) in [6.07, 6.45) is 9.63. The number of benzene rings is 1. The van der Waals surface area contributed by atoms with Crippen molar-refractivity contribution in [3.8, 4) is 0 Å². The Morgan fingerprint density at radius 3 is 2.43 bits per heavy atom. The third-order valence-electron chi connectivity index (χ3n) is 5.56. The van der Waals surface area contributed by atoms with Gasteiger partial charge in [0.2, 0.25) is 0 Å². The number of likely N-dealkylation sites (N-methyl/N-ethyl adjacent to an activating group) is 1. The topological polar surface area (TPSA) is 12.0 Å². The summed E-state index contributed by atoms with van der Waals surface area (Å²) in [6.45, 7) is 4.22. The van der Waals surface area contributed by atoms with Gasteiger partial charge in [-0.2, -0.15) is 0 Å². The Morgan fingerprint density at radius 2 is 1.81 bits per heavy atom. The molecule has 0 heterocycles. The molecule has 2 aliphatic carbocycles. The van der Waals surface area contributed by atoms with E-state index in [-0.39, 0.29) is 5.41 Å². The highest BCUT2D eigenvalue weighted by atomic mass is 35.5. The lowest BCUT2D eigenvalue weighted by Gasteiger charge is -2.59. The summed E-state index contributed by atoms with van der Waals surface area (Å²) in [5.41, 5.74) is 2.11. The summed E-state index contributed by atoms with van der Waals surface area (Å²) < 4.78 is 0. The normalized spacial score (nSPS) is 23.0. The lowest BCUT2D eigenvalue weighted by molar-refractivity contribution is -0.0124. The van der Waals surface area contributed by atoms with Gasteiger partial charge in [0.15, 0.2) is 0 Å². The van der Waals surface area contributed by atoms with E-state index in [4.69, 9.17) is 23.2 Å². The van der Waals surface area contributed by atoms with Gasteiger partial charge < -0.3 is 5.32 Å². The van der Waals surface area contributed by atoms with E-state index < -0.39 is 0 Å². The first kappa shape index (κ1) is 15.6. The second-order valence-electron chi connectivity index (χ2n) is 7.10. The zero-order valence-corrected chi connectivity index (χ0v) is 14.4. The Bertz CT molecular complexity index is 498. The van der Waals surface area contributed by atoms with Crippen molar-refractivity contribution in [2.24, 2.45) is 5.41 Å². The van der Waals surface area contributed by atoms with E-state index in [2.05, 4.69) is 18.3 Å². The predicted octanol–water partition coefficient (Wildman–Crippen LogP) is 5.59. The van der Waals surface area contributed by atoms with E-state index in [9.17, 15) is 0 Å². The molecule has 0 saturated heterocycles. The average molecular weight is 326 g/mol. The van der Waals surface area contributed by atoms with E-state index in [0.717, 1.165) is 23.1 Å². The summed E-state index contributed by atoms with van der Waals surface area (Å²) in [5, 5.41) is 5.13. The second-order valence-corrected chi connectivity index (χ2v) is 7.94. The van der Waals surface area contributed by atoms with Crippen LogP contribution in [0.5, 0.6) is 0 Å². The third kappa shape index (κ3) is 2.98. The number of nitrogens with one attached hydrogen (secondary N) is 1. The molecule has 3 heteroatoms. The monoisotopic (exact) mass is 325 g/mol. The van der Waals surface area contributed by atoms with Gasteiger partial charge in [-0.15, -0.1) is 0 Å². The molecule has 1 nitrogen and oxygen atoms in total. The van der Waals surface area contributed by atoms with Crippen molar-refractivity contribution in [2.75, 3.05) is 13.1 Å². The summed E-state index contributed by atoms with van der Waals surface area (Å²) in [5.74, 6) is 0. The van der Waals surface area contributed by atoms with Crippen LogP contribution in [0.2, 0.25) is 10.0 Å².